The molecular formula is C12H18BrNO2. The van der Waals surface area contributed by atoms with E-state index in [1.807, 2.05) is 26.0 Å². The molecule has 1 N–H and O–H groups in total. The Bertz CT molecular complexity index is 342. The van der Waals surface area contributed by atoms with Gasteiger partial charge < -0.3 is 14.8 Å². The minimum absolute atomic E-state index is 0.644. The summed E-state index contributed by atoms with van der Waals surface area (Å²) in [6, 6.07) is 3.90. The number of rotatable bonds is 6. The van der Waals surface area contributed by atoms with E-state index in [1.165, 1.54) is 0 Å². The van der Waals surface area contributed by atoms with E-state index in [2.05, 4.69) is 28.2 Å². The van der Waals surface area contributed by atoms with Gasteiger partial charge in [0.05, 0.1) is 23.4 Å². The molecule has 0 heterocycles. The zero-order chi connectivity index (χ0) is 12.0. The third kappa shape index (κ3) is 3.30. The van der Waals surface area contributed by atoms with Crippen molar-refractivity contribution in [2.24, 2.45) is 0 Å². The van der Waals surface area contributed by atoms with E-state index in [1.54, 1.807) is 0 Å². The molecule has 90 valence electrons. The Morgan fingerprint density at radius 2 is 1.69 bits per heavy atom. The maximum atomic E-state index is 5.57. The van der Waals surface area contributed by atoms with Crippen molar-refractivity contribution >= 4 is 21.6 Å². The maximum absolute atomic E-state index is 5.57. The van der Waals surface area contributed by atoms with Gasteiger partial charge in [0.2, 0.25) is 0 Å². The fraction of sp³-hybridized carbons (Fsp3) is 0.500. The van der Waals surface area contributed by atoms with Crippen LogP contribution < -0.4 is 14.8 Å². The van der Waals surface area contributed by atoms with Crippen molar-refractivity contribution in [1.29, 1.82) is 0 Å². The zero-order valence-corrected chi connectivity index (χ0v) is 11.6. The highest BCUT2D eigenvalue weighted by Gasteiger charge is 2.09. The van der Waals surface area contributed by atoms with Crippen LogP contribution in [0.1, 0.15) is 20.8 Å². The van der Waals surface area contributed by atoms with Gasteiger partial charge in [0.1, 0.15) is 11.5 Å². The lowest BCUT2D eigenvalue weighted by Crippen LogP contribution is -2.03. The number of anilines is 1. The van der Waals surface area contributed by atoms with Crippen LogP contribution in [0.25, 0.3) is 0 Å². The SMILES string of the molecule is CCNc1cc(Br)c(OCC)cc1OCC. The van der Waals surface area contributed by atoms with Crippen molar-refractivity contribution < 1.29 is 9.47 Å². The maximum Gasteiger partial charge on any atom is 0.146 e. The van der Waals surface area contributed by atoms with Gasteiger partial charge >= 0.3 is 0 Å². The topological polar surface area (TPSA) is 30.5 Å². The molecule has 0 spiro atoms. The number of hydrogen-bond acceptors (Lipinski definition) is 3. The minimum atomic E-state index is 0.644. The second-order valence-electron chi connectivity index (χ2n) is 3.18. The van der Waals surface area contributed by atoms with Gasteiger partial charge in [-0.25, -0.2) is 0 Å². The lowest BCUT2D eigenvalue weighted by molar-refractivity contribution is 0.322. The lowest BCUT2D eigenvalue weighted by Gasteiger charge is -2.14. The van der Waals surface area contributed by atoms with Crippen LogP contribution in [0.3, 0.4) is 0 Å². The monoisotopic (exact) mass is 287 g/mol. The van der Waals surface area contributed by atoms with Crippen molar-refractivity contribution in [1.82, 2.24) is 0 Å². The standard InChI is InChI=1S/C12H18BrNO2/c1-4-14-10-7-9(13)11(15-5-2)8-12(10)16-6-3/h7-8,14H,4-6H2,1-3H3. The van der Waals surface area contributed by atoms with E-state index in [9.17, 15) is 0 Å². The van der Waals surface area contributed by atoms with Gasteiger partial charge in [-0.05, 0) is 42.8 Å². The van der Waals surface area contributed by atoms with Crippen LogP contribution >= 0.6 is 15.9 Å². The molecule has 3 nitrogen and oxygen atoms in total. The molecule has 4 heteroatoms. The van der Waals surface area contributed by atoms with E-state index in [0.717, 1.165) is 28.2 Å². The van der Waals surface area contributed by atoms with E-state index in [-0.39, 0.29) is 0 Å². The smallest absolute Gasteiger partial charge is 0.146 e. The molecule has 0 atom stereocenters. The van der Waals surface area contributed by atoms with Crippen molar-refractivity contribution in [3.05, 3.63) is 16.6 Å². The number of benzene rings is 1. The highest BCUT2D eigenvalue weighted by atomic mass is 79.9. The lowest BCUT2D eigenvalue weighted by atomic mass is 10.2. The summed E-state index contributed by atoms with van der Waals surface area (Å²) in [7, 11) is 0. The van der Waals surface area contributed by atoms with E-state index in [4.69, 9.17) is 9.47 Å². The Kier molecular flexibility index (Phi) is 5.46. The first-order valence-corrected chi connectivity index (χ1v) is 6.35. The highest BCUT2D eigenvalue weighted by molar-refractivity contribution is 9.10. The second-order valence-corrected chi connectivity index (χ2v) is 4.03. The molecule has 0 saturated heterocycles. The molecule has 1 aromatic carbocycles. The predicted molar refractivity (Wildman–Crippen MR) is 70.6 cm³/mol. The average molecular weight is 288 g/mol. The molecular weight excluding hydrogens is 270 g/mol. The molecule has 0 unspecified atom stereocenters. The molecule has 16 heavy (non-hydrogen) atoms. The highest BCUT2D eigenvalue weighted by Crippen LogP contribution is 2.36. The van der Waals surface area contributed by atoms with Gasteiger partial charge in [-0.2, -0.15) is 0 Å². The Labute approximate surface area is 105 Å². The van der Waals surface area contributed by atoms with Gasteiger partial charge in [-0.1, -0.05) is 0 Å². The Morgan fingerprint density at radius 1 is 1.06 bits per heavy atom. The van der Waals surface area contributed by atoms with Crippen LogP contribution in [0.4, 0.5) is 5.69 Å². The molecule has 0 bridgehead atoms. The molecule has 1 rings (SSSR count). The van der Waals surface area contributed by atoms with Crippen LogP contribution in [-0.2, 0) is 0 Å². The summed E-state index contributed by atoms with van der Waals surface area (Å²) in [6.45, 7) is 8.14. The minimum Gasteiger partial charge on any atom is -0.493 e. The second kappa shape index (κ2) is 6.63. The number of nitrogens with one attached hydrogen (secondary N) is 1. The van der Waals surface area contributed by atoms with Crippen molar-refractivity contribution in [3.63, 3.8) is 0 Å². The molecule has 0 aliphatic rings. The molecule has 1 aromatic rings. The van der Waals surface area contributed by atoms with E-state index in [0.29, 0.717) is 13.2 Å². The largest absolute Gasteiger partial charge is 0.493 e. The number of halogens is 1. The molecule has 0 fully saturated rings. The molecule has 0 aliphatic carbocycles. The number of hydrogen-bond donors (Lipinski definition) is 1. The zero-order valence-electron chi connectivity index (χ0n) is 9.97. The van der Waals surface area contributed by atoms with Crippen molar-refractivity contribution in [3.8, 4) is 11.5 Å². The summed E-state index contributed by atoms with van der Waals surface area (Å²) in [5.41, 5.74) is 0.986. The molecule has 0 radical (unpaired) electrons. The van der Waals surface area contributed by atoms with Gasteiger partial charge in [0, 0.05) is 12.6 Å². The summed E-state index contributed by atoms with van der Waals surface area (Å²) < 4.78 is 12.0. The normalized spacial score (nSPS) is 10.0. The predicted octanol–water partition coefficient (Wildman–Crippen LogP) is 3.68. The van der Waals surface area contributed by atoms with Crippen molar-refractivity contribution in [2.45, 2.75) is 20.8 Å². The van der Waals surface area contributed by atoms with Crippen LogP contribution in [-0.4, -0.2) is 19.8 Å². The van der Waals surface area contributed by atoms with Crippen LogP contribution in [0, 0.1) is 0 Å². The summed E-state index contributed by atoms with van der Waals surface area (Å²) in [6.07, 6.45) is 0. The van der Waals surface area contributed by atoms with Gasteiger partial charge in [0.25, 0.3) is 0 Å². The first-order chi connectivity index (χ1) is 7.72. The average Bonchev–Trinajstić information content (AvgIpc) is 2.25. The van der Waals surface area contributed by atoms with Crippen LogP contribution in [0.5, 0.6) is 11.5 Å². The summed E-state index contributed by atoms with van der Waals surface area (Å²) in [5.74, 6) is 1.64. The van der Waals surface area contributed by atoms with Gasteiger partial charge in [0.15, 0.2) is 0 Å². The third-order valence-electron chi connectivity index (χ3n) is 2.00. The summed E-state index contributed by atoms with van der Waals surface area (Å²) in [4.78, 5) is 0. The van der Waals surface area contributed by atoms with E-state index < -0.39 is 0 Å². The summed E-state index contributed by atoms with van der Waals surface area (Å²) in [5, 5.41) is 3.26. The quantitative estimate of drug-likeness (QED) is 0.866. The first-order valence-electron chi connectivity index (χ1n) is 5.55. The fourth-order valence-electron chi connectivity index (χ4n) is 1.40. The van der Waals surface area contributed by atoms with Crippen molar-refractivity contribution in [2.75, 3.05) is 25.1 Å². The van der Waals surface area contributed by atoms with Gasteiger partial charge in [-0.15, -0.1) is 0 Å². The fourth-order valence-corrected chi connectivity index (χ4v) is 1.86. The molecule has 0 saturated carbocycles. The molecule has 0 aliphatic heterocycles. The summed E-state index contributed by atoms with van der Waals surface area (Å²) >= 11 is 3.48. The first kappa shape index (κ1) is 13.2. The van der Waals surface area contributed by atoms with E-state index >= 15 is 0 Å². The Morgan fingerprint density at radius 3 is 2.25 bits per heavy atom. The Hall–Kier alpha value is -0.900. The van der Waals surface area contributed by atoms with Gasteiger partial charge in [-0.3, -0.25) is 0 Å². The van der Waals surface area contributed by atoms with Crippen LogP contribution in [0.15, 0.2) is 16.6 Å². The molecule has 0 aromatic heterocycles. The third-order valence-corrected chi connectivity index (χ3v) is 2.62. The number of ether oxygens (including phenoxy) is 2. The van der Waals surface area contributed by atoms with Crippen LogP contribution in [0.2, 0.25) is 0 Å². The Balaban J connectivity index is 3.03. The molecule has 0 amide bonds.